The molecule has 0 bridgehead atoms. The Balaban J connectivity index is 1.51. The fraction of sp³-hybridized carbons (Fsp3) is 0.107. The summed E-state index contributed by atoms with van der Waals surface area (Å²) >= 11 is 1.54. The van der Waals surface area contributed by atoms with Gasteiger partial charge in [0.05, 0.1) is 38.1 Å². The highest BCUT2D eigenvalue weighted by molar-refractivity contribution is 7.17. The summed E-state index contributed by atoms with van der Waals surface area (Å²) in [5.41, 5.74) is 3.68. The molecular formula is C28H24N4O4S. The van der Waals surface area contributed by atoms with Crippen LogP contribution in [0, 0.1) is 0 Å². The van der Waals surface area contributed by atoms with E-state index in [0.717, 1.165) is 27.1 Å². The van der Waals surface area contributed by atoms with E-state index in [4.69, 9.17) is 14.2 Å². The fourth-order valence-electron chi connectivity index (χ4n) is 3.96. The van der Waals surface area contributed by atoms with Gasteiger partial charge in [0.2, 0.25) is 0 Å². The molecule has 0 saturated heterocycles. The van der Waals surface area contributed by atoms with Gasteiger partial charge in [0.15, 0.2) is 0 Å². The molecule has 0 radical (unpaired) electrons. The maximum atomic E-state index is 12.7. The van der Waals surface area contributed by atoms with E-state index in [1.807, 2.05) is 42.5 Å². The first-order valence-electron chi connectivity index (χ1n) is 11.4. The molecule has 0 unspecified atom stereocenters. The average Bonchev–Trinajstić information content (AvgIpc) is 3.39. The minimum absolute atomic E-state index is 0.249. The monoisotopic (exact) mass is 512 g/mol. The summed E-state index contributed by atoms with van der Waals surface area (Å²) < 4.78 is 16.5. The predicted molar refractivity (Wildman–Crippen MR) is 147 cm³/mol. The van der Waals surface area contributed by atoms with Crippen molar-refractivity contribution in [3.05, 3.63) is 84.0 Å². The Bertz CT molecular complexity index is 1550. The van der Waals surface area contributed by atoms with Gasteiger partial charge >= 0.3 is 0 Å². The number of nitrogens with one attached hydrogen (secondary N) is 2. The number of hydrogen-bond donors (Lipinski definition) is 2. The maximum absolute atomic E-state index is 12.7. The van der Waals surface area contributed by atoms with Crippen LogP contribution in [0.2, 0.25) is 0 Å². The number of nitrogens with zero attached hydrogens (tertiary/aromatic N) is 2. The van der Waals surface area contributed by atoms with Crippen LogP contribution in [0.15, 0.2) is 78.4 Å². The topological polar surface area (TPSA) is 94.6 Å². The number of methoxy groups -OCH3 is 3. The van der Waals surface area contributed by atoms with Crippen LogP contribution in [-0.4, -0.2) is 37.2 Å². The Morgan fingerprint density at radius 2 is 1.54 bits per heavy atom. The van der Waals surface area contributed by atoms with E-state index in [1.165, 1.54) is 6.33 Å². The van der Waals surface area contributed by atoms with Crippen LogP contribution in [-0.2, 0) is 0 Å². The Kier molecular flexibility index (Phi) is 6.87. The van der Waals surface area contributed by atoms with Crippen LogP contribution in [0.25, 0.3) is 21.3 Å². The molecule has 1 amide bonds. The summed E-state index contributed by atoms with van der Waals surface area (Å²) in [6.45, 7) is 0. The second-order valence-corrected chi connectivity index (χ2v) is 8.84. The largest absolute Gasteiger partial charge is 0.497 e. The third-order valence-electron chi connectivity index (χ3n) is 5.83. The van der Waals surface area contributed by atoms with Crippen molar-refractivity contribution in [1.29, 1.82) is 0 Å². The number of carbonyl (C=O) groups excluding carboxylic acids is 1. The summed E-state index contributed by atoms with van der Waals surface area (Å²) in [6, 6.07) is 20.3. The second kappa shape index (κ2) is 10.5. The summed E-state index contributed by atoms with van der Waals surface area (Å²) in [7, 11) is 4.76. The number of anilines is 3. The van der Waals surface area contributed by atoms with Crippen LogP contribution in [0.5, 0.6) is 17.2 Å². The van der Waals surface area contributed by atoms with Crippen LogP contribution in [0.3, 0.4) is 0 Å². The van der Waals surface area contributed by atoms with E-state index in [1.54, 1.807) is 56.9 Å². The zero-order chi connectivity index (χ0) is 25.8. The molecule has 0 aliphatic heterocycles. The van der Waals surface area contributed by atoms with E-state index in [2.05, 4.69) is 26.0 Å². The molecule has 2 aromatic heterocycles. The normalized spacial score (nSPS) is 10.7. The SMILES string of the molecule is COc1ccc(-c2csc3ncnc(Nc4cc(OC)c(NC(=O)c5ccccc5)cc4OC)c23)cc1. The molecule has 5 aromatic rings. The van der Waals surface area contributed by atoms with Gasteiger partial charge in [-0.15, -0.1) is 11.3 Å². The predicted octanol–water partition coefficient (Wildman–Crippen LogP) is 6.38. The van der Waals surface area contributed by atoms with E-state index in [-0.39, 0.29) is 5.91 Å². The van der Waals surface area contributed by atoms with Crippen molar-refractivity contribution in [1.82, 2.24) is 9.97 Å². The zero-order valence-corrected chi connectivity index (χ0v) is 21.3. The quantitative estimate of drug-likeness (QED) is 0.249. The number of hydrogen-bond acceptors (Lipinski definition) is 8. The van der Waals surface area contributed by atoms with Crippen molar-refractivity contribution < 1.29 is 19.0 Å². The minimum atomic E-state index is -0.249. The summed E-state index contributed by atoms with van der Waals surface area (Å²) in [4.78, 5) is 22.6. The first kappa shape index (κ1) is 24.1. The molecule has 2 heterocycles. The highest BCUT2D eigenvalue weighted by atomic mass is 32.1. The standard InChI is InChI=1S/C28H24N4O4S/c1-34-19-11-9-17(10-12-19)20-15-37-28-25(20)26(29-16-30-28)31-21-13-24(36-3)22(14-23(21)35-2)32-27(33)18-7-5-4-6-8-18/h4-16H,1-3H3,(H,32,33)(H,29,30,31). The van der Waals surface area contributed by atoms with Gasteiger partial charge in [-0.25, -0.2) is 9.97 Å². The molecule has 0 aliphatic rings. The molecular weight excluding hydrogens is 488 g/mol. The van der Waals surface area contributed by atoms with E-state index < -0.39 is 0 Å². The Hall–Kier alpha value is -4.63. The molecule has 8 nitrogen and oxygen atoms in total. The maximum Gasteiger partial charge on any atom is 0.255 e. The first-order valence-corrected chi connectivity index (χ1v) is 12.2. The molecule has 3 aromatic carbocycles. The summed E-state index contributed by atoms with van der Waals surface area (Å²) in [5.74, 6) is 2.14. The van der Waals surface area contributed by atoms with Crippen molar-refractivity contribution in [2.24, 2.45) is 0 Å². The van der Waals surface area contributed by atoms with Gasteiger partial charge in [0, 0.05) is 28.6 Å². The molecule has 9 heteroatoms. The van der Waals surface area contributed by atoms with Crippen molar-refractivity contribution in [3.63, 3.8) is 0 Å². The van der Waals surface area contributed by atoms with Gasteiger partial charge in [-0.05, 0) is 29.8 Å². The van der Waals surface area contributed by atoms with Crippen LogP contribution >= 0.6 is 11.3 Å². The third kappa shape index (κ3) is 4.89. The lowest BCUT2D eigenvalue weighted by molar-refractivity contribution is 0.102. The molecule has 0 atom stereocenters. The summed E-state index contributed by atoms with van der Waals surface area (Å²) in [6.07, 6.45) is 1.52. The average molecular weight is 513 g/mol. The number of ether oxygens (including phenoxy) is 3. The number of thiophene rings is 1. The molecule has 5 rings (SSSR count). The molecule has 2 N–H and O–H groups in total. The molecule has 0 fully saturated rings. The van der Waals surface area contributed by atoms with Crippen molar-refractivity contribution in [2.75, 3.05) is 32.0 Å². The van der Waals surface area contributed by atoms with Gasteiger partial charge in [0.1, 0.15) is 34.2 Å². The van der Waals surface area contributed by atoms with Crippen molar-refractivity contribution in [3.8, 4) is 28.4 Å². The molecule has 0 aliphatic carbocycles. The van der Waals surface area contributed by atoms with Crippen molar-refractivity contribution >= 4 is 44.7 Å². The van der Waals surface area contributed by atoms with E-state index >= 15 is 0 Å². The Morgan fingerprint density at radius 3 is 2.24 bits per heavy atom. The van der Waals surface area contributed by atoms with Crippen molar-refractivity contribution in [2.45, 2.75) is 0 Å². The van der Waals surface area contributed by atoms with Crippen LogP contribution < -0.4 is 24.8 Å². The molecule has 0 saturated carbocycles. The fourth-order valence-corrected chi connectivity index (χ4v) is 4.87. The Morgan fingerprint density at radius 1 is 0.838 bits per heavy atom. The minimum Gasteiger partial charge on any atom is -0.497 e. The molecule has 186 valence electrons. The molecule has 37 heavy (non-hydrogen) atoms. The second-order valence-electron chi connectivity index (χ2n) is 7.98. The number of rotatable bonds is 8. The van der Waals surface area contributed by atoms with E-state index in [9.17, 15) is 4.79 Å². The van der Waals surface area contributed by atoms with Gasteiger partial charge in [-0.1, -0.05) is 30.3 Å². The molecule has 0 spiro atoms. The highest BCUT2D eigenvalue weighted by Gasteiger charge is 2.18. The number of fused-ring (bicyclic) bond motifs is 1. The summed E-state index contributed by atoms with van der Waals surface area (Å²) in [5, 5.41) is 9.24. The Labute approximate surface area is 217 Å². The lowest BCUT2D eigenvalue weighted by atomic mass is 10.1. The van der Waals surface area contributed by atoms with Gasteiger partial charge < -0.3 is 24.8 Å². The van der Waals surface area contributed by atoms with E-state index in [0.29, 0.717) is 34.3 Å². The van der Waals surface area contributed by atoms with Gasteiger partial charge in [-0.3, -0.25) is 4.79 Å². The van der Waals surface area contributed by atoms with Gasteiger partial charge in [-0.2, -0.15) is 0 Å². The number of aromatic nitrogens is 2. The van der Waals surface area contributed by atoms with Crippen LogP contribution in [0.4, 0.5) is 17.2 Å². The van der Waals surface area contributed by atoms with Gasteiger partial charge in [0.25, 0.3) is 5.91 Å². The number of carbonyl (C=O) groups is 1. The smallest absolute Gasteiger partial charge is 0.255 e. The number of benzene rings is 3. The third-order valence-corrected chi connectivity index (χ3v) is 6.72. The first-order chi connectivity index (χ1) is 18.1. The number of amides is 1. The lowest BCUT2D eigenvalue weighted by Gasteiger charge is -2.17. The highest BCUT2D eigenvalue weighted by Crippen LogP contribution is 2.41. The zero-order valence-electron chi connectivity index (χ0n) is 20.4. The van der Waals surface area contributed by atoms with Crippen LogP contribution in [0.1, 0.15) is 10.4 Å². The lowest BCUT2D eigenvalue weighted by Crippen LogP contribution is -2.13.